The van der Waals surface area contributed by atoms with Gasteiger partial charge in [-0.15, -0.1) is 0 Å². The van der Waals surface area contributed by atoms with Crippen LogP contribution < -0.4 is 4.74 Å². The molecule has 0 saturated carbocycles. The maximum atomic E-state index is 13.2. The predicted molar refractivity (Wildman–Crippen MR) is 96.5 cm³/mol. The van der Waals surface area contributed by atoms with Gasteiger partial charge in [-0.25, -0.2) is 4.79 Å². The summed E-state index contributed by atoms with van der Waals surface area (Å²) in [6, 6.07) is 3.70. The molecule has 0 amide bonds. The minimum Gasteiger partial charge on any atom is -0.491 e. The summed E-state index contributed by atoms with van der Waals surface area (Å²) in [5.74, 6) is -0.308. The third-order valence-electron chi connectivity index (χ3n) is 3.54. The SMILES string of the molecule is CC(C)OC(=O)/C=C\[N+]1=CCC(c2cc(OC(C)C)cc(C(F)(F)F)c2)=C1. The second-order valence-corrected chi connectivity index (χ2v) is 6.70. The number of benzene rings is 1. The van der Waals surface area contributed by atoms with Gasteiger partial charge < -0.3 is 9.47 Å². The van der Waals surface area contributed by atoms with Crippen molar-refractivity contribution in [3.05, 3.63) is 47.8 Å². The number of hydrogen-bond acceptors (Lipinski definition) is 3. The average Bonchev–Trinajstić information content (AvgIpc) is 2.99. The van der Waals surface area contributed by atoms with Crippen molar-refractivity contribution in [3.8, 4) is 5.75 Å². The Labute approximate surface area is 156 Å². The number of carbonyl (C=O) groups is 1. The van der Waals surface area contributed by atoms with Crippen molar-refractivity contribution in [2.45, 2.75) is 52.5 Å². The fourth-order valence-electron chi connectivity index (χ4n) is 2.49. The fourth-order valence-corrected chi connectivity index (χ4v) is 2.49. The number of halogens is 3. The van der Waals surface area contributed by atoms with Gasteiger partial charge in [0.15, 0.2) is 18.6 Å². The van der Waals surface area contributed by atoms with Crippen molar-refractivity contribution >= 4 is 17.8 Å². The lowest BCUT2D eigenvalue weighted by Crippen LogP contribution is -2.09. The Bertz CT molecular complexity index is 790. The van der Waals surface area contributed by atoms with Crippen LogP contribution in [0.25, 0.3) is 5.57 Å². The summed E-state index contributed by atoms with van der Waals surface area (Å²) in [5.41, 5.74) is 0.361. The van der Waals surface area contributed by atoms with E-state index in [-0.39, 0.29) is 18.0 Å². The minimum atomic E-state index is -4.46. The van der Waals surface area contributed by atoms with Gasteiger partial charge >= 0.3 is 12.1 Å². The number of esters is 1. The van der Waals surface area contributed by atoms with E-state index >= 15 is 0 Å². The lowest BCUT2D eigenvalue weighted by atomic mass is 10.0. The lowest BCUT2D eigenvalue weighted by Gasteiger charge is -2.15. The maximum Gasteiger partial charge on any atom is 0.416 e. The quantitative estimate of drug-likeness (QED) is 0.404. The van der Waals surface area contributed by atoms with Gasteiger partial charge in [0.25, 0.3) is 0 Å². The van der Waals surface area contributed by atoms with E-state index in [1.54, 1.807) is 50.8 Å². The first-order valence-electron chi connectivity index (χ1n) is 8.64. The van der Waals surface area contributed by atoms with Crippen LogP contribution in [0.2, 0.25) is 0 Å². The van der Waals surface area contributed by atoms with Crippen molar-refractivity contribution < 1.29 is 32.0 Å². The highest BCUT2D eigenvalue weighted by atomic mass is 19.4. The smallest absolute Gasteiger partial charge is 0.416 e. The van der Waals surface area contributed by atoms with Crippen molar-refractivity contribution in [2.24, 2.45) is 0 Å². The molecule has 0 aliphatic carbocycles. The molecule has 7 heteroatoms. The lowest BCUT2D eigenvalue weighted by molar-refractivity contribution is -0.368. The number of nitrogens with zero attached hydrogens (tertiary/aromatic N) is 1. The third kappa shape index (κ3) is 6.27. The monoisotopic (exact) mass is 382 g/mol. The van der Waals surface area contributed by atoms with E-state index in [1.807, 2.05) is 0 Å². The zero-order valence-corrected chi connectivity index (χ0v) is 15.7. The van der Waals surface area contributed by atoms with Gasteiger partial charge in [0.05, 0.1) is 30.3 Å². The van der Waals surface area contributed by atoms with Crippen molar-refractivity contribution in [1.82, 2.24) is 0 Å². The molecule has 0 N–H and O–H groups in total. The summed E-state index contributed by atoms with van der Waals surface area (Å²) >= 11 is 0. The molecule has 146 valence electrons. The van der Waals surface area contributed by atoms with Crippen LogP contribution in [0.5, 0.6) is 5.75 Å². The highest BCUT2D eigenvalue weighted by Crippen LogP contribution is 2.35. The van der Waals surface area contributed by atoms with Crippen LogP contribution in [0, 0.1) is 0 Å². The molecule has 0 bridgehead atoms. The molecule has 27 heavy (non-hydrogen) atoms. The molecule has 0 atom stereocenters. The van der Waals surface area contributed by atoms with E-state index in [4.69, 9.17) is 9.47 Å². The van der Waals surface area contributed by atoms with Crippen molar-refractivity contribution in [1.29, 1.82) is 0 Å². The molecule has 1 aromatic rings. The number of alkyl halides is 3. The molecular weight excluding hydrogens is 359 g/mol. The van der Waals surface area contributed by atoms with Crippen molar-refractivity contribution in [3.63, 3.8) is 0 Å². The van der Waals surface area contributed by atoms with Gasteiger partial charge in [-0.3, -0.25) is 0 Å². The minimum absolute atomic E-state index is 0.172. The molecule has 1 heterocycles. The molecule has 1 aliphatic heterocycles. The van der Waals surface area contributed by atoms with E-state index in [0.717, 1.165) is 12.1 Å². The standard InChI is InChI=1S/C20H23F3NO3/c1-13(2)26-18-10-16(9-17(11-18)20(21,22)23)15-5-7-24(12-15)8-6-19(25)27-14(3)4/h6-14H,5H2,1-4H3/q+1/b8-6-. The summed E-state index contributed by atoms with van der Waals surface area (Å²) in [6.07, 6.45) is 1.73. The van der Waals surface area contributed by atoms with Gasteiger partial charge in [0.2, 0.25) is 0 Å². The molecule has 0 radical (unpaired) electrons. The zero-order chi connectivity index (χ0) is 20.2. The van der Waals surface area contributed by atoms with Gasteiger partial charge in [0.1, 0.15) is 5.75 Å². The summed E-state index contributed by atoms with van der Waals surface area (Å²) in [5, 5.41) is 0. The Morgan fingerprint density at radius 1 is 1.15 bits per heavy atom. The topological polar surface area (TPSA) is 38.5 Å². The van der Waals surface area contributed by atoms with Crippen molar-refractivity contribution in [2.75, 3.05) is 0 Å². The summed E-state index contributed by atoms with van der Waals surface area (Å²) in [7, 11) is 0. The summed E-state index contributed by atoms with van der Waals surface area (Å²) in [4.78, 5) is 11.6. The number of carbonyl (C=O) groups excluding carboxylic acids is 1. The van der Waals surface area contributed by atoms with Crippen LogP contribution in [0.4, 0.5) is 13.2 Å². The van der Waals surface area contributed by atoms with E-state index in [1.165, 1.54) is 12.3 Å². The molecule has 0 spiro atoms. The second-order valence-electron chi connectivity index (χ2n) is 6.70. The largest absolute Gasteiger partial charge is 0.491 e. The van der Waals surface area contributed by atoms with Crippen LogP contribution in [0.3, 0.4) is 0 Å². The first-order valence-corrected chi connectivity index (χ1v) is 8.64. The normalized spacial score (nSPS) is 14.7. The van der Waals surface area contributed by atoms with Crippen LogP contribution >= 0.6 is 0 Å². The summed E-state index contributed by atoms with van der Waals surface area (Å²) < 4.78 is 51.7. The van der Waals surface area contributed by atoms with Gasteiger partial charge in [0, 0.05) is 5.57 Å². The molecule has 1 aliphatic rings. The highest BCUT2D eigenvalue weighted by molar-refractivity contribution is 5.83. The Kier molecular flexibility index (Phi) is 6.46. The highest BCUT2D eigenvalue weighted by Gasteiger charge is 2.32. The Morgan fingerprint density at radius 3 is 2.44 bits per heavy atom. The fraction of sp³-hybridized carbons (Fsp3) is 0.400. The molecule has 4 nitrogen and oxygen atoms in total. The van der Waals surface area contributed by atoms with E-state index in [9.17, 15) is 18.0 Å². The Hall–Kier alpha value is -2.57. The molecule has 2 rings (SSSR count). The summed E-state index contributed by atoms with van der Waals surface area (Å²) in [6.45, 7) is 7.00. The van der Waals surface area contributed by atoms with Crippen LogP contribution in [0.15, 0.2) is 36.7 Å². The van der Waals surface area contributed by atoms with Crippen LogP contribution in [-0.4, -0.2) is 29.0 Å². The first-order chi connectivity index (χ1) is 12.5. The first kappa shape index (κ1) is 20.7. The predicted octanol–water partition coefficient (Wildman–Crippen LogP) is 4.79. The maximum absolute atomic E-state index is 13.2. The number of hydrogen-bond donors (Lipinski definition) is 0. The molecule has 0 saturated heterocycles. The number of ether oxygens (including phenoxy) is 2. The molecule has 1 aromatic carbocycles. The van der Waals surface area contributed by atoms with Crippen LogP contribution in [0.1, 0.15) is 45.2 Å². The van der Waals surface area contributed by atoms with E-state index in [2.05, 4.69) is 0 Å². The van der Waals surface area contributed by atoms with E-state index in [0.29, 0.717) is 17.6 Å². The third-order valence-corrected chi connectivity index (χ3v) is 3.54. The molecule has 0 aromatic heterocycles. The van der Waals surface area contributed by atoms with Gasteiger partial charge in [-0.2, -0.15) is 17.7 Å². The van der Waals surface area contributed by atoms with Gasteiger partial charge in [-0.05, 0) is 51.5 Å². The average molecular weight is 382 g/mol. The molecule has 0 unspecified atom stereocenters. The zero-order valence-electron chi connectivity index (χ0n) is 15.7. The number of rotatable bonds is 6. The van der Waals surface area contributed by atoms with E-state index < -0.39 is 17.7 Å². The molecule has 0 fully saturated rings. The Balaban J connectivity index is 2.25. The molecular formula is C20H23F3NO3+. The van der Waals surface area contributed by atoms with Crippen LogP contribution in [-0.2, 0) is 15.7 Å². The second kappa shape index (κ2) is 8.41. The number of allylic oxidation sites excluding steroid dienone is 1. The Morgan fingerprint density at radius 2 is 1.85 bits per heavy atom. The van der Waals surface area contributed by atoms with Gasteiger partial charge in [-0.1, -0.05) is 0 Å².